The number of hydrogen-bond acceptors (Lipinski definition) is 22. The summed E-state index contributed by atoms with van der Waals surface area (Å²) < 4.78 is 61.6. The van der Waals surface area contributed by atoms with Gasteiger partial charge in [0.1, 0.15) is 74.3 Å². The Balaban J connectivity index is 1.72. The Hall–Kier alpha value is -1.40. The highest BCUT2D eigenvalue weighted by atomic mass is 31.2. The second-order valence-electron chi connectivity index (χ2n) is 10.5. The van der Waals surface area contributed by atoms with Crippen LogP contribution < -0.4 is 0 Å². The van der Waals surface area contributed by atoms with Gasteiger partial charge in [-0.25, -0.2) is 9.13 Å². The van der Waals surface area contributed by atoms with Crippen molar-refractivity contribution in [1.82, 2.24) is 0 Å². The molecule has 28 heteroatoms. The monoisotopic (exact) mass is 794 g/mol. The van der Waals surface area contributed by atoms with Gasteiger partial charge in [-0.15, -0.1) is 0 Å². The van der Waals surface area contributed by atoms with Gasteiger partial charge in [0.05, 0.1) is 45.5 Å². The second-order valence-corrected chi connectivity index (χ2v) is 12.9. The Bertz CT molecular complexity index is 1140. The van der Waals surface area contributed by atoms with E-state index in [1.807, 2.05) is 0 Å². The van der Waals surface area contributed by atoms with Crippen LogP contribution in [0.3, 0.4) is 0 Å². The molecule has 0 spiro atoms. The number of phosphoric ester groups is 2. The van der Waals surface area contributed by atoms with Crippen LogP contribution in [0.5, 0.6) is 0 Å². The van der Waals surface area contributed by atoms with E-state index < -0.39 is 115 Å². The fourth-order valence-electron chi connectivity index (χ4n) is 4.09. The van der Waals surface area contributed by atoms with Gasteiger partial charge in [0.15, 0.2) is 18.9 Å². The molecule has 51 heavy (non-hydrogen) atoms. The number of aliphatic hydroxyl groups is 8. The molecule has 0 aromatic carbocycles. The van der Waals surface area contributed by atoms with Crippen molar-refractivity contribution in [3.05, 3.63) is 0 Å². The molecule has 0 amide bonds. The van der Waals surface area contributed by atoms with Crippen LogP contribution in [0.15, 0.2) is 10.3 Å². The summed E-state index contributed by atoms with van der Waals surface area (Å²) in [6.45, 7) is -3.53. The van der Waals surface area contributed by atoms with Crippen molar-refractivity contribution in [2.45, 2.75) is 79.9 Å². The molecule has 2 saturated heterocycles. The van der Waals surface area contributed by atoms with Gasteiger partial charge in [0.25, 0.3) is 0 Å². The van der Waals surface area contributed by atoms with E-state index in [0.29, 0.717) is 0 Å². The van der Waals surface area contributed by atoms with Crippen molar-refractivity contribution in [2.24, 2.45) is 10.3 Å². The number of phosphoric acid groups is 2. The quantitative estimate of drug-likeness (QED) is 0.0150. The first-order valence-corrected chi connectivity index (χ1v) is 17.7. The molecule has 2 aliphatic rings. The lowest BCUT2D eigenvalue weighted by atomic mass is 9.99. The average molecular weight is 795 g/mol. The van der Waals surface area contributed by atoms with Crippen LogP contribution in [0.2, 0.25) is 0 Å². The Kier molecular flexibility index (Phi) is 19.8. The molecule has 13 atom stereocenters. The predicted octanol–water partition coefficient (Wildman–Crippen LogP) is -6.43. The largest absolute Gasteiger partial charge is 0.469 e. The van der Waals surface area contributed by atoms with Crippen LogP contribution in [0.1, 0.15) is 0 Å². The molecule has 0 aromatic rings. The second kappa shape index (κ2) is 22.1. The van der Waals surface area contributed by atoms with Gasteiger partial charge in [-0.05, 0) is 0 Å². The molecule has 0 bridgehead atoms. The van der Waals surface area contributed by atoms with Crippen LogP contribution in [0.4, 0.5) is 0 Å². The summed E-state index contributed by atoms with van der Waals surface area (Å²) in [7, 11) is -8.67. The lowest BCUT2D eigenvalue weighted by Gasteiger charge is -2.40. The van der Waals surface area contributed by atoms with E-state index in [0.717, 1.165) is 19.5 Å². The number of methoxy groups -OCH3 is 1. The zero-order valence-corrected chi connectivity index (χ0v) is 28.5. The minimum atomic E-state index is -4.92. The van der Waals surface area contributed by atoms with Crippen molar-refractivity contribution in [2.75, 3.05) is 53.4 Å². The van der Waals surface area contributed by atoms with Crippen molar-refractivity contribution in [3.63, 3.8) is 0 Å². The number of ether oxygens (including phenoxy) is 6. The van der Waals surface area contributed by atoms with Crippen molar-refractivity contribution in [1.29, 1.82) is 0 Å². The van der Waals surface area contributed by atoms with Gasteiger partial charge in [-0.2, -0.15) is 0 Å². The van der Waals surface area contributed by atoms with Crippen LogP contribution >= 0.6 is 15.6 Å². The predicted molar refractivity (Wildman–Crippen MR) is 159 cm³/mol. The number of aliphatic hydroxyl groups excluding tert-OH is 8. The lowest BCUT2D eigenvalue weighted by molar-refractivity contribution is -0.301. The third kappa shape index (κ3) is 16.2. The standard InChI is InChI=1S/C23H44N2O24P2/c1-40-21(12(27)7-25-44-5-3-42-23-20(33)18(31)16(29)14(49-23)10-46-51(37,38)39)47-11(8-26)6-24-43-4-2-41-22-19(32)17(30)15(28)13(48-22)9-45-50(34,35)36/h6-7,11-23,26-33H,2-5,8-10H2,1H3,(H2,34,35,36)(H2,37,38,39)/b24-6+,25-7-/t11-,12+,13+,14+,15+,16+,17-,18-,19-,20-,21+,22?,23?/m0/s1. The van der Waals surface area contributed by atoms with Gasteiger partial charge < -0.3 is 98.5 Å². The van der Waals surface area contributed by atoms with Gasteiger partial charge in [0, 0.05) is 7.11 Å². The Morgan fingerprint density at radius 3 is 1.51 bits per heavy atom. The minimum absolute atomic E-state index is 0.284. The van der Waals surface area contributed by atoms with Crippen LogP contribution in [0.25, 0.3) is 0 Å². The van der Waals surface area contributed by atoms with E-state index >= 15 is 0 Å². The molecule has 0 radical (unpaired) electrons. The normalized spacial score (nSPS) is 32.6. The molecule has 2 aliphatic heterocycles. The Morgan fingerprint density at radius 2 is 1.12 bits per heavy atom. The first-order chi connectivity index (χ1) is 23.9. The van der Waals surface area contributed by atoms with Gasteiger partial charge in [-0.3, -0.25) is 9.05 Å². The van der Waals surface area contributed by atoms with E-state index in [9.17, 15) is 50.0 Å². The SMILES string of the molecule is CO[C@H](O[C@@H](/C=N/OCCOC1O[C@H](COP(=O)(O)O)[C@@H](O)[C@H](O)[C@@H]1O)CO)[C@H](O)/C=N\OCCOC1O[C@H](COP(=O)(O)O)[C@@H](O)[C@H](O)[C@@H]1O. The average Bonchev–Trinajstić information content (AvgIpc) is 3.06. The summed E-state index contributed by atoms with van der Waals surface area (Å²) in [6, 6.07) is 0. The van der Waals surface area contributed by atoms with E-state index in [1.54, 1.807) is 0 Å². The summed E-state index contributed by atoms with van der Waals surface area (Å²) in [5, 5.41) is 86.8. The molecule has 2 rings (SSSR count). The maximum absolute atomic E-state index is 10.9. The van der Waals surface area contributed by atoms with Gasteiger partial charge in [0.2, 0.25) is 0 Å². The zero-order chi connectivity index (χ0) is 38.4. The highest BCUT2D eigenvalue weighted by Gasteiger charge is 2.46. The Labute approximate surface area is 288 Å². The first kappa shape index (κ1) is 45.8. The van der Waals surface area contributed by atoms with E-state index in [-0.39, 0.29) is 26.4 Å². The molecule has 2 fully saturated rings. The van der Waals surface area contributed by atoms with Gasteiger partial charge >= 0.3 is 15.6 Å². The number of rotatable bonds is 23. The molecule has 2 unspecified atom stereocenters. The highest BCUT2D eigenvalue weighted by Crippen LogP contribution is 2.38. The topological polar surface area (TPSA) is 394 Å². The summed E-state index contributed by atoms with van der Waals surface area (Å²) in [6.07, 6.45) is -18.9. The summed E-state index contributed by atoms with van der Waals surface area (Å²) in [4.78, 5) is 45.1. The third-order valence-electron chi connectivity index (χ3n) is 6.65. The summed E-state index contributed by atoms with van der Waals surface area (Å²) in [5.41, 5.74) is 0. The molecule has 0 saturated carbocycles. The van der Waals surface area contributed by atoms with Crippen molar-refractivity contribution >= 4 is 28.1 Å². The smallest absolute Gasteiger partial charge is 0.394 e. The molecule has 2 heterocycles. The molecule has 0 aromatic heterocycles. The zero-order valence-electron chi connectivity index (χ0n) is 26.7. The molecule has 0 aliphatic carbocycles. The van der Waals surface area contributed by atoms with E-state index in [1.165, 1.54) is 0 Å². The van der Waals surface area contributed by atoms with Crippen LogP contribution in [-0.4, -0.2) is 206 Å². The number of hydrogen-bond donors (Lipinski definition) is 12. The molecular weight excluding hydrogens is 750 g/mol. The van der Waals surface area contributed by atoms with Crippen LogP contribution in [-0.2, 0) is 56.3 Å². The first-order valence-electron chi connectivity index (χ1n) is 14.7. The van der Waals surface area contributed by atoms with Crippen LogP contribution in [0, 0.1) is 0 Å². The molecule has 26 nitrogen and oxygen atoms in total. The third-order valence-corrected chi connectivity index (χ3v) is 7.63. The summed E-state index contributed by atoms with van der Waals surface area (Å²) >= 11 is 0. The highest BCUT2D eigenvalue weighted by molar-refractivity contribution is 7.46. The van der Waals surface area contributed by atoms with Crippen molar-refractivity contribution < 1.29 is 117 Å². The van der Waals surface area contributed by atoms with E-state index in [4.69, 9.17) is 57.7 Å². The number of nitrogens with zero attached hydrogens (tertiary/aromatic N) is 2. The maximum Gasteiger partial charge on any atom is 0.469 e. The molecule has 12 N–H and O–H groups in total. The molecule has 300 valence electrons. The molecular formula is C23H44N2O24P2. The minimum Gasteiger partial charge on any atom is -0.394 e. The fraction of sp³-hybridized carbons (Fsp3) is 0.913. The lowest BCUT2D eigenvalue weighted by Crippen LogP contribution is -2.59. The number of oxime groups is 2. The fourth-order valence-corrected chi connectivity index (χ4v) is 4.78. The van der Waals surface area contributed by atoms with Crippen molar-refractivity contribution in [3.8, 4) is 0 Å². The van der Waals surface area contributed by atoms with E-state index in [2.05, 4.69) is 19.4 Å². The van der Waals surface area contributed by atoms with Gasteiger partial charge in [-0.1, -0.05) is 10.3 Å². The Morgan fingerprint density at radius 1 is 0.686 bits per heavy atom. The summed E-state index contributed by atoms with van der Waals surface area (Å²) in [5.74, 6) is 0. The maximum atomic E-state index is 10.9.